The summed E-state index contributed by atoms with van der Waals surface area (Å²) in [4.78, 5) is 10.6. The summed E-state index contributed by atoms with van der Waals surface area (Å²) in [6.45, 7) is 2.86. The lowest BCUT2D eigenvalue weighted by atomic mass is 9.82. The largest absolute Gasteiger partial charge is 0.395 e. The number of aryl methyl sites for hydroxylation is 1. The second-order valence-corrected chi connectivity index (χ2v) is 7.94. The first-order chi connectivity index (χ1) is 14.7. The van der Waals surface area contributed by atoms with Crippen molar-refractivity contribution in [2.24, 2.45) is 4.99 Å². The lowest BCUT2D eigenvalue weighted by molar-refractivity contribution is 0.297. The molecule has 4 heterocycles. The monoisotopic (exact) mass is 401 g/mol. The van der Waals surface area contributed by atoms with E-state index >= 15 is 0 Å². The number of guanidine groups is 1. The van der Waals surface area contributed by atoms with Crippen LogP contribution in [0.5, 0.6) is 0 Å². The van der Waals surface area contributed by atoms with Gasteiger partial charge in [-0.3, -0.25) is 9.67 Å². The van der Waals surface area contributed by atoms with Crippen LogP contribution >= 0.6 is 0 Å². The van der Waals surface area contributed by atoms with E-state index in [0.717, 1.165) is 54.6 Å². The minimum absolute atomic E-state index is 0.000639. The van der Waals surface area contributed by atoms with E-state index < -0.39 is 0 Å². The van der Waals surface area contributed by atoms with Crippen molar-refractivity contribution in [2.75, 3.05) is 26.2 Å². The van der Waals surface area contributed by atoms with Gasteiger partial charge in [-0.25, -0.2) is 0 Å². The van der Waals surface area contributed by atoms with Crippen LogP contribution in [-0.4, -0.2) is 57.0 Å². The molecule has 1 spiro atoms. The fourth-order valence-corrected chi connectivity index (χ4v) is 4.72. The Bertz CT molecular complexity index is 1160. The maximum atomic E-state index is 9.10. The van der Waals surface area contributed by atoms with Crippen molar-refractivity contribution in [1.29, 1.82) is 5.26 Å². The molecule has 2 aliphatic heterocycles. The number of aliphatic imine (C=N–C) groups is 1. The van der Waals surface area contributed by atoms with Crippen LogP contribution in [0.25, 0.3) is 22.2 Å². The third-order valence-electron chi connectivity index (χ3n) is 6.22. The Morgan fingerprint density at radius 2 is 2.13 bits per heavy atom. The van der Waals surface area contributed by atoms with Gasteiger partial charge in [-0.1, -0.05) is 18.2 Å². The van der Waals surface area contributed by atoms with Crippen LogP contribution in [0.3, 0.4) is 0 Å². The number of nitrogens with one attached hydrogen (secondary N) is 1. The van der Waals surface area contributed by atoms with E-state index in [1.54, 1.807) is 0 Å². The molecule has 2 aromatic heterocycles. The van der Waals surface area contributed by atoms with Gasteiger partial charge in [0.15, 0.2) is 0 Å². The van der Waals surface area contributed by atoms with E-state index in [1.165, 1.54) is 5.69 Å². The van der Waals surface area contributed by atoms with E-state index in [2.05, 4.69) is 43.1 Å². The molecule has 1 aromatic carbocycles. The SMILES string of the molecule is N#C/N=C(\NCCO)N1CCC2(CCn3nc(-c4cnc5ccccc5c4)cc32)C1. The van der Waals surface area contributed by atoms with Gasteiger partial charge in [0.1, 0.15) is 0 Å². The summed E-state index contributed by atoms with van der Waals surface area (Å²) < 4.78 is 2.12. The quantitative estimate of drug-likeness (QED) is 0.395. The molecule has 152 valence electrons. The maximum absolute atomic E-state index is 9.10. The highest BCUT2D eigenvalue weighted by Crippen LogP contribution is 2.43. The van der Waals surface area contributed by atoms with Gasteiger partial charge in [0.05, 0.1) is 17.8 Å². The Labute approximate surface area is 174 Å². The van der Waals surface area contributed by atoms with Crippen molar-refractivity contribution in [3.05, 3.63) is 48.3 Å². The number of likely N-dealkylation sites (tertiary alicyclic amines) is 1. The third-order valence-corrected chi connectivity index (χ3v) is 6.22. The Kier molecular flexibility index (Phi) is 4.60. The zero-order valence-corrected chi connectivity index (χ0v) is 16.6. The first-order valence-electron chi connectivity index (χ1n) is 10.2. The number of aliphatic hydroxyl groups is 1. The van der Waals surface area contributed by atoms with Crippen LogP contribution < -0.4 is 5.32 Å². The van der Waals surface area contributed by atoms with Gasteiger partial charge in [0.2, 0.25) is 12.2 Å². The summed E-state index contributed by atoms with van der Waals surface area (Å²) in [5, 5.41) is 27.2. The summed E-state index contributed by atoms with van der Waals surface area (Å²) in [5.41, 5.74) is 4.20. The fourth-order valence-electron chi connectivity index (χ4n) is 4.72. The van der Waals surface area contributed by atoms with Gasteiger partial charge in [0.25, 0.3) is 0 Å². The number of fused-ring (bicyclic) bond motifs is 3. The van der Waals surface area contributed by atoms with Gasteiger partial charge < -0.3 is 15.3 Å². The lowest BCUT2D eigenvalue weighted by Crippen LogP contribution is -2.42. The number of rotatable bonds is 3. The Morgan fingerprint density at radius 3 is 3.00 bits per heavy atom. The molecule has 2 N–H and O–H groups in total. The number of hydrogen-bond donors (Lipinski definition) is 2. The molecule has 0 bridgehead atoms. The number of aromatic nitrogens is 3. The first-order valence-corrected chi connectivity index (χ1v) is 10.2. The van der Waals surface area contributed by atoms with Crippen molar-refractivity contribution in [2.45, 2.75) is 24.8 Å². The molecule has 1 saturated heterocycles. The molecule has 8 heteroatoms. The highest BCUT2D eigenvalue weighted by atomic mass is 16.3. The normalized spacial score (nSPS) is 20.7. The van der Waals surface area contributed by atoms with E-state index in [1.807, 2.05) is 30.6 Å². The van der Waals surface area contributed by atoms with Crippen molar-refractivity contribution in [3.63, 3.8) is 0 Å². The number of pyridine rings is 1. The third kappa shape index (κ3) is 3.08. The van der Waals surface area contributed by atoms with Crippen LogP contribution in [0.2, 0.25) is 0 Å². The maximum Gasteiger partial charge on any atom is 0.210 e. The van der Waals surface area contributed by atoms with Crippen molar-refractivity contribution < 1.29 is 5.11 Å². The van der Waals surface area contributed by atoms with Gasteiger partial charge in [-0.05, 0) is 31.0 Å². The molecule has 30 heavy (non-hydrogen) atoms. The summed E-state index contributed by atoms with van der Waals surface area (Å²) in [6, 6.07) is 12.4. The van der Waals surface area contributed by atoms with Crippen molar-refractivity contribution >= 4 is 16.9 Å². The van der Waals surface area contributed by atoms with Gasteiger partial charge >= 0.3 is 0 Å². The molecular weight excluding hydrogens is 378 g/mol. The number of para-hydroxylation sites is 1. The first kappa shape index (κ1) is 18.6. The van der Waals surface area contributed by atoms with E-state index in [9.17, 15) is 0 Å². The van der Waals surface area contributed by atoms with Crippen LogP contribution in [0.4, 0.5) is 0 Å². The Morgan fingerprint density at radius 1 is 1.27 bits per heavy atom. The molecular formula is C22H23N7O. The fraction of sp³-hybridized carbons (Fsp3) is 0.364. The zero-order chi connectivity index (χ0) is 20.6. The summed E-state index contributed by atoms with van der Waals surface area (Å²) >= 11 is 0. The van der Waals surface area contributed by atoms with Gasteiger partial charge in [0, 0.05) is 54.4 Å². The topological polar surface area (TPSA) is 102 Å². The average Bonchev–Trinajstić information content (AvgIpc) is 3.48. The second-order valence-electron chi connectivity index (χ2n) is 7.94. The summed E-state index contributed by atoms with van der Waals surface area (Å²) in [7, 11) is 0. The van der Waals surface area contributed by atoms with Crippen LogP contribution in [-0.2, 0) is 12.0 Å². The van der Waals surface area contributed by atoms with Crippen molar-refractivity contribution in [3.8, 4) is 17.5 Å². The number of nitrogens with zero attached hydrogens (tertiary/aromatic N) is 6. The smallest absolute Gasteiger partial charge is 0.210 e. The standard InChI is InChI=1S/C22H23N7O/c23-15-26-21(24-7-10-30)28-8-5-22(14-28)6-9-29-20(22)12-19(27-29)17-11-16-3-1-2-4-18(16)25-13-17/h1-4,11-13,30H,5-10,14H2,(H,24,26). The predicted molar refractivity (Wildman–Crippen MR) is 114 cm³/mol. The van der Waals surface area contributed by atoms with Crippen LogP contribution in [0.15, 0.2) is 47.6 Å². The zero-order valence-electron chi connectivity index (χ0n) is 16.6. The molecule has 1 fully saturated rings. The highest BCUT2D eigenvalue weighted by molar-refractivity contribution is 5.83. The molecule has 8 nitrogen and oxygen atoms in total. The Hall–Kier alpha value is -3.44. The van der Waals surface area contributed by atoms with Crippen LogP contribution in [0.1, 0.15) is 18.5 Å². The van der Waals surface area contributed by atoms with Gasteiger partial charge in [-0.15, -0.1) is 4.99 Å². The molecule has 1 atom stereocenters. The molecule has 5 rings (SSSR count). The van der Waals surface area contributed by atoms with E-state index in [-0.39, 0.29) is 12.0 Å². The summed E-state index contributed by atoms with van der Waals surface area (Å²) in [5.74, 6) is 0.542. The molecule has 3 aromatic rings. The summed E-state index contributed by atoms with van der Waals surface area (Å²) in [6.07, 6.45) is 5.78. The lowest BCUT2D eigenvalue weighted by Gasteiger charge is -2.25. The van der Waals surface area contributed by atoms with Crippen LogP contribution in [0, 0.1) is 11.5 Å². The molecule has 0 amide bonds. The second kappa shape index (κ2) is 7.43. The molecule has 2 aliphatic rings. The molecule has 1 unspecified atom stereocenters. The Balaban J connectivity index is 1.43. The minimum atomic E-state index is -0.000639. The number of benzene rings is 1. The van der Waals surface area contributed by atoms with E-state index in [4.69, 9.17) is 15.5 Å². The number of hydrogen-bond acceptors (Lipinski definition) is 5. The average molecular weight is 401 g/mol. The predicted octanol–water partition coefficient (Wildman–Crippen LogP) is 1.86. The van der Waals surface area contributed by atoms with Gasteiger partial charge in [-0.2, -0.15) is 10.4 Å². The van der Waals surface area contributed by atoms with Crippen molar-refractivity contribution in [1.82, 2.24) is 25.0 Å². The molecule has 0 radical (unpaired) electrons. The molecule has 0 aliphatic carbocycles. The highest BCUT2D eigenvalue weighted by Gasteiger charge is 2.46. The minimum Gasteiger partial charge on any atom is -0.395 e. The van der Waals surface area contributed by atoms with E-state index in [0.29, 0.717) is 12.5 Å². The molecule has 0 saturated carbocycles. The number of nitriles is 1. The number of aliphatic hydroxyl groups excluding tert-OH is 1.